The molecule has 1 aliphatic heterocycles. The van der Waals surface area contributed by atoms with E-state index in [1.165, 1.54) is 12.1 Å². The Kier molecular flexibility index (Phi) is 4.49. The molecule has 1 fully saturated rings. The van der Waals surface area contributed by atoms with Crippen LogP contribution in [0.2, 0.25) is 0 Å². The Hall–Kier alpha value is -1.79. The Morgan fingerprint density at radius 1 is 1.27 bits per heavy atom. The zero-order valence-electron chi connectivity index (χ0n) is 12.2. The second kappa shape index (κ2) is 6.54. The summed E-state index contributed by atoms with van der Waals surface area (Å²) in [6.45, 7) is 2.00. The fourth-order valence-corrected chi connectivity index (χ4v) is 2.98. The van der Waals surface area contributed by atoms with Crippen molar-refractivity contribution >= 4 is 0 Å². The number of rotatable bonds is 4. The van der Waals surface area contributed by atoms with Crippen LogP contribution in [0, 0.1) is 11.6 Å². The first-order valence-corrected chi connectivity index (χ1v) is 7.48. The van der Waals surface area contributed by atoms with Crippen molar-refractivity contribution in [3.63, 3.8) is 0 Å². The number of benzene rings is 1. The summed E-state index contributed by atoms with van der Waals surface area (Å²) in [5, 5.41) is 14.4. The molecule has 1 unspecified atom stereocenters. The second-order valence-corrected chi connectivity index (χ2v) is 5.70. The Bertz CT molecular complexity index is 610. The van der Waals surface area contributed by atoms with E-state index < -0.39 is 17.7 Å². The summed E-state index contributed by atoms with van der Waals surface area (Å²) >= 11 is 0. The molecule has 1 N–H and O–H groups in total. The summed E-state index contributed by atoms with van der Waals surface area (Å²) in [5.41, 5.74) is 0.149. The van der Waals surface area contributed by atoms with Crippen molar-refractivity contribution in [1.29, 1.82) is 0 Å². The Balaban J connectivity index is 1.56. The molecule has 3 rings (SSSR count). The Labute approximate surface area is 128 Å². The number of β-amino-alcohol motifs (C(OH)–C–C–N with tert-alkyl or cyclic N) is 1. The van der Waals surface area contributed by atoms with Crippen LogP contribution in [0.15, 0.2) is 36.7 Å². The Morgan fingerprint density at radius 2 is 2.05 bits per heavy atom. The highest BCUT2D eigenvalue weighted by Gasteiger charge is 2.23. The van der Waals surface area contributed by atoms with E-state index >= 15 is 0 Å². The molecule has 118 valence electrons. The van der Waals surface area contributed by atoms with E-state index in [1.807, 2.05) is 16.9 Å². The number of piperidine rings is 1. The first kappa shape index (κ1) is 15.1. The quantitative estimate of drug-likeness (QED) is 0.944. The predicted octanol–water partition coefficient (Wildman–Crippen LogP) is 2.53. The van der Waals surface area contributed by atoms with Crippen molar-refractivity contribution in [2.75, 3.05) is 19.6 Å². The molecule has 1 aromatic heterocycles. The minimum absolute atomic E-state index is 0.149. The van der Waals surface area contributed by atoms with E-state index in [4.69, 9.17) is 0 Å². The van der Waals surface area contributed by atoms with Gasteiger partial charge in [0.15, 0.2) is 0 Å². The van der Waals surface area contributed by atoms with Gasteiger partial charge in [0.2, 0.25) is 0 Å². The highest BCUT2D eigenvalue weighted by Crippen LogP contribution is 2.24. The number of hydrogen-bond donors (Lipinski definition) is 1. The summed E-state index contributed by atoms with van der Waals surface area (Å²) < 4.78 is 28.5. The molecule has 2 aromatic rings. The molecule has 0 spiro atoms. The molecule has 0 aliphatic carbocycles. The van der Waals surface area contributed by atoms with Gasteiger partial charge in [0, 0.05) is 43.7 Å². The van der Waals surface area contributed by atoms with Gasteiger partial charge in [0.25, 0.3) is 0 Å². The molecule has 0 bridgehead atoms. The van der Waals surface area contributed by atoms with E-state index in [1.54, 1.807) is 6.20 Å². The lowest BCUT2D eigenvalue weighted by Crippen LogP contribution is -2.37. The standard InChI is InChI=1S/C16H19F2N3O/c17-12-2-3-14(15(18)10-12)16(22)11-20-8-4-13(5-9-20)21-7-1-6-19-21/h1-3,6-7,10,13,16,22H,4-5,8-9,11H2. The molecule has 1 saturated heterocycles. The van der Waals surface area contributed by atoms with Gasteiger partial charge in [-0.05, 0) is 25.0 Å². The molecule has 1 aromatic carbocycles. The van der Waals surface area contributed by atoms with Crippen molar-refractivity contribution in [3.05, 3.63) is 53.9 Å². The maximum Gasteiger partial charge on any atom is 0.131 e. The summed E-state index contributed by atoms with van der Waals surface area (Å²) in [5.74, 6) is -1.33. The number of likely N-dealkylation sites (tertiary alicyclic amines) is 1. The highest BCUT2D eigenvalue weighted by molar-refractivity contribution is 5.21. The topological polar surface area (TPSA) is 41.3 Å². The molecule has 0 radical (unpaired) electrons. The number of nitrogens with zero attached hydrogens (tertiary/aromatic N) is 3. The van der Waals surface area contributed by atoms with Gasteiger partial charge < -0.3 is 10.0 Å². The fourth-order valence-electron chi connectivity index (χ4n) is 2.98. The van der Waals surface area contributed by atoms with Crippen molar-refractivity contribution < 1.29 is 13.9 Å². The summed E-state index contributed by atoms with van der Waals surface area (Å²) in [7, 11) is 0. The van der Waals surface area contributed by atoms with Crippen LogP contribution in [0.3, 0.4) is 0 Å². The first-order chi connectivity index (χ1) is 10.6. The normalized spacial score (nSPS) is 18.5. The lowest BCUT2D eigenvalue weighted by molar-refractivity contribution is 0.0867. The molecule has 1 atom stereocenters. The van der Waals surface area contributed by atoms with E-state index in [0.29, 0.717) is 12.6 Å². The largest absolute Gasteiger partial charge is 0.387 e. The fraction of sp³-hybridized carbons (Fsp3) is 0.438. The van der Waals surface area contributed by atoms with Crippen molar-refractivity contribution in [1.82, 2.24) is 14.7 Å². The zero-order chi connectivity index (χ0) is 15.5. The van der Waals surface area contributed by atoms with Crippen LogP contribution in [0.5, 0.6) is 0 Å². The third kappa shape index (κ3) is 3.34. The third-order valence-corrected chi connectivity index (χ3v) is 4.21. The molecule has 22 heavy (non-hydrogen) atoms. The molecular weight excluding hydrogens is 288 g/mol. The number of halogens is 2. The van der Waals surface area contributed by atoms with Crippen molar-refractivity contribution in [2.45, 2.75) is 25.0 Å². The second-order valence-electron chi connectivity index (χ2n) is 5.70. The predicted molar refractivity (Wildman–Crippen MR) is 78.3 cm³/mol. The van der Waals surface area contributed by atoms with Gasteiger partial charge in [-0.25, -0.2) is 8.78 Å². The Morgan fingerprint density at radius 3 is 2.68 bits per heavy atom. The summed E-state index contributed by atoms with van der Waals surface area (Å²) in [6, 6.07) is 5.58. The van der Waals surface area contributed by atoms with E-state index in [9.17, 15) is 13.9 Å². The molecule has 6 heteroatoms. The van der Waals surface area contributed by atoms with Crippen LogP contribution < -0.4 is 0 Å². The van der Waals surface area contributed by atoms with E-state index in [-0.39, 0.29) is 5.56 Å². The van der Waals surface area contributed by atoms with Gasteiger partial charge >= 0.3 is 0 Å². The lowest BCUT2D eigenvalue weighted by Gasteiger charge is -2.33. The van der Waals surface area contributed by atoms with Crippen LogP contribution in [0.1, 0.15) is 30.6 Å². The van der Waals surface area contributed by atoms with Gasteiger partial charge in [0.1, 0.15) is 11.6 Å². The molecule has 4 nitrogen and oxygen atoms in total. The molecular formula is C16H19F2N3O. The average Bonchev–Trinajstić information content (AvgIpc) is 3.02. The van der Waals surface area contributed by atoms with Gasteiger partial charge in [-0.1, -0.05) is 6.07 Å². The smallest absolute Gasteiger partial charge is 0.131 e. The zero-order valence-corrected chi connectivity index (χ0v) is 12.2. The molecule has 0 saturated carbocycles. The molecule has 2 heterocycles. The molecule has 1 aliphatic rings. The highest BCUT2D eigenvalue weighted by atomic mass is 19.1. The van der Waals surface area contributed by atoms with Crippen molar-refractivity contribution in [2.24, 2.45) is 0 Å². The van der Waals surface area contributed by atoms with Crippen LogP contribution in [0.4, 0.5) is 8.78 Å². The number of aliphatic hydroxyl groups excluding tert-OH is 1. The summed E-state index contributed by atoms with van der Waals surface area (Å²) in [4.78, 5) is 2.10. The average molecular weight is 307 g/mol. The van der Waals surface area contributed by atoms with E-state index in [0.717, 1.165) is 32.0 Å². The monoisotopic (exact) mass is 307 g/mol. The first-order valence-electron chi connectivity index (χ1n) is 7.48. The minimum Gasteiger partial charge on any atom is -0.387 e. The van der Waals surface area contributed by atoms with E-state index in [2.05, 4.69) is 10.00 Å². The third-order valence-electron chi connectivity index (χ3n) is 4.21. The number of aliphatic hydroxyl groups is 1. The molecule has 0 amide bonds. The maximum absolute atomic E-state index is 13.7. The minimum atomic E-state index is -0.943. The van der Waals surface area contributed by atoms with Gasteiger partial charge in [-0.15, -0.1) is 0 Å². The van der Waals surface area contributed by atoms with Crippen molar-refractivity contribution in [3.8, 4) is 0 Å². The van der Waals surface area contributed by atoms with Gasteiger partial charge in [0.05, 0.1) is 12.1 Å². The van der Waals surface area contributed by atoms with Gasteiger partial charge in [-0.3, -0.25) is 4.68 Å². The number of aromatic nitrogens is 2. The van der Waals surface area contributed by atoms with Gasteiger partial charge in [-0.2, -0.15) is 5.10 Å². The maximum atomic E-state index is 13.7. The summed E-state index contributed by atoms with van der Waals surface area (Å²) in [6.07, 6.45) is 4.68. The lowest BCUT2D eigenvalue weighted by atomic mass is 10.0. The van der Waals surface area contributed by atoms with Crippen LogP contribution >= 0.6 is 0 Å². The van der Waals surface area contributed by atoms with Crippen LogP contribution in [-0.4, -0.2) is 39.4 Å². The SMILES string of the molecule is OC(CN1CCC(n2cccn2)CC1)c1ccc(F)cc1F. The van der Waals surface area contributed by atoms with Crippen LogP contribution in [0.25, 0.3) is 0 Å². The van der Waals surface area contributed by atoms with Crippen LogP contribution in [-0.2, 0) is 0 Å². The number of hydrogen-bond acceptors (Lipinski definition) is 3.